The second-order valence-electron chi connectivity index (χ2n) is 7.94. The Bertz CT molecular complexity index is 1350. The van der Waals surface area contributed by atoms with Crippen molar-refractivity contribution in [1.29, 1.82) is 0 Å². The van der Waals surface area contributed by atoms with Crippen molar-refractivity contribution in [1.82, 2.24) is 24.6 Å². The largest absolute Gasteiger partial charge is 0.497 e. The lowest BCUT2D eigenvalue weighted by Gasteiger charge is -2.34. The number of carbonyl (C=O) groups is 2. The number of halogens is 1. The average molecular weight is 492 g/mol. The molecule has 1 saturated heterocycles. The zero-order valence-electron chi connectivity index (χ0n) is 18.9. The summed E-state index contributed by atoms with van der Waals surface area (Å²) in [7, 11) is 1.58. The van der Waals surface area contributed by atoms with E-state index in [1.54, 1.807) is 53.3 Å². The van der Waals surface area contributed by atoms with Gasteiger partial charge in [-0.1, -0.05) is 12.1 Å². The zero-order valence-corrected chi connectivity index (χ0v) is 19.7. The first-order chi connectivity index (χ1) is 17.0. The van der Waals surface area contributed by atoms with Gasteiger partial charge in [0.1, 0.15) is 11.6 Å². The zero-order chi connectivity index (χ0) is 24.4. The van der Waals surface area contributed by atoms with E-state index in [0.29, 0.717) is 49.0 Å². The standard InChI is InChI=1S/C25H22FN5O3S/c1-34-20-9-7-17(8-10-20)24(32)29-11-13-30(14-12-29)25(33)22-27-23(21-6-3-15-35-21)31(28-22)19-5-2-4-18(26)16-19/h2-10,15-16H,11-14H2,1H3. The Morgan fingerprint density at radius 2 is 1.66 bits per heavy atom. The summed E-state index contributed by atoms with van der Waals surface area (Å²) in [4.78, 5) is 34.8. The average Bonchev–Trinajstić information content (AvgIpc) is 3.58. The van der Waals surface area contributed by atoms with Gasteiger partial charge in [-0.15, -0.1) is 16.4 Å². The molecule has 178 valence electrons. The third-order valence-corrected chi connectivity index (χ3v) is 6.65. The van der Waals surface area contributed by atoms with Crippen LogP contribution in [-0.2, 0) is 0 Å². The molecule has 4 aromatic rings. The summed E-state index contributed by atoms with van der Waals surface area (Å²) in [6, 6.07) is 16.7. The first-order valence-electron chi connectivity index (χ1n) is 11.0. The van der Waals surface area contributed by atoms with Crippen LogP contribution in [0.1, 0.15) is 21.0 Å². The van der Waals surface area contributed by atoms with Gasteiger partial charge in [0.25, 0.3) is 11.8 Å². The van der Waals surface area contributed by atoms with Gasteiger partial charge in [0.05, 0.1) is 17.7 Å². The minimum Gasteiger partial charge on any atom is -0.497 e. The molecule has 2 amide bonds. The molecule has 3 heterocycles. The van der Waals surface area contributed by atoms with E-state index in [2.05, 4.69) is 10.1 Å². The molecule has 0 bridgehead atoms. The molecule has 2 aromatic heterocycles. The van der Waals surface area contributed by atoms with Crippen molar-refractivity contribution in [3.05, 3.63) is 83.2 Å². The SMILES string of the molecule is COc1ccc(C(=O)N2CCN(C(=O)c3nc(-c4cccs4)n(-c4cccc(F)c4)n3)CC2)cc1. The van der Waals surface area contributed by atoms with Crippen LogP contribution in [0.5, 0.6) is 5.75 Å². The quantitative estimate of drug-likeness (QED) is 0.425. The van der Waals surface area contributed by atoms with E-state index in [9.17, 15) is 14.0 Å². The topological polar surface area (TPSA) is 80.6 Å². The van der Waals surface area contributed by atoms with Crippen LogP contribution in [0.2, 0.25) is 0 Å². The van der Waals surface area contributed by atoms with Crippen LogP contribution in [0.3, 0.4) is 0 Å². The fourth-order valence-corrected chi connectivity index (χ4v) is 4.62. The van der Waals surface area contributed by atoms with Gasteiger partial charge in [-0.25, -0.2) is 14.1 Å². The molecule has 0 saturated carbocycles. The molecule has 2 aromatic carbocycles. The molecule has 0 aliphatic carbocycles. The molecule has 35 heavy (non-hydrogen) atoms. The van der Waals surface area contributed by atoms with Gasteiger partial charge in [-0.05, 0) is 53.9 Å². The normalized spacial score (nSPS) is 13.7. The number of benzene rings is 2. The Kier molecular flexibility index (Phi) is 6.28. The monoisotopic (exact) mass is 491 g/mol. The van der Waals surface area contributed by atoms with Gasteiger partial charge in [0.15, 0.2) is 5.82 Å². The van der Waals surface area contributed by atoms with Crippen molar-refractivity contribution in [2.45, 2.75) is 0 Å². The molecule has 0 radical (unpaired) electrons. The van der Waals surface area contributed by atoms with Gasteiger partial charge >= 0.3 is 0 Å². The van der Waals surface area contributed by atoms with Crippen LogP contribution < -0.4 is 4.74 Å². The molecular weight excluding hydrogens is 469 g/mol. The minimum absolute atomic E-state index is 0.0348. The summed E-state index contributed by atoms with van der Waals surface area (Å²) in [6.07, 6.45) is 0. The van der Waals surface area contributed by atoms with Crippen LogP contribution in [0.4, 0.5) is 4.39 Å². The van der Waals surface area contributed by atoms with E-state index >= 15 is 0 Å². The Morgan fingerprint density at radius 3 is 2.29 bits per heavy atom. The summed E-state index contributed by atoms with van der Waals surface area (Å²) in [6.45, 7) is 1.53. The number of nitrogens with zero attached hydrogens (tertiary/aromatic N) is 5. The molecule has 8 nitrogen and oxygen atoms in total. The molecule has 0 N–H and O–H groups in total. The molecule has 1 fully saturated rings. The number of methoxy groups -OCH3 is 1. The highest BCUT2D eigenvalue weighted by Gasteiger charge is 2.29. The van der Waals surface area contributed by atoms with E-state index in [1.807, 2.05) is 17.5 Å². The Labute approximate surface area is 205 Å². The van der Waals surface area contributed by atoms with Crippen LogP contribution in [0, 0.1) is 5.82 Å². The molecule has 10 heteroatoms. The van der Waals surface area contributed by atoms with E-state index < -0.39 is 5.82 Å². The number of rotatable bonds is 5. The third-order valence-electron chi connectivity index (χ3n) is 5.78. The number of amides is 2. The maximum Gasteiger partial charge on any atom is 0.293 e. The molecule has 0 spiro atoms. The van der Waals surface area contributed by atoms with Crippen molar-refractivity contribution < 1.29 is 18.7 Å². The van der Waals surface area contributed by atoms with Crippen LogP contribution in [0.15, 0.2) is 66.0 Å². The minimum atomic E-state index is -0.402. The first kappa shape index (κ1) is 22.7. The third kappa shape index (κ3) is 4.65. The lowest BCUT2D eigenvalue weighted by Crippen LogP contribution is -2.50. The number of hydrogen-bond acceptors (Lipinski definition) is 6. The fraction of sp³-hybridized carbons (Fsp3) is 0.200. The smallest absolute Gasteiger partial charge is 0.293 e. The Morgan fingerprint density at radius 1 is 0.943 bits per heavy atom. The second-order valence-corrected chi connectivity index (χ2v) is 8.89. The van der Waals surface area contributed by atoms with Crippen molar-refractivity contribution in [2.75, 3.05) is 33.3 Å². The summed E-state index contributed by atoms with van der Waals surface area (Å²) in [5.41, 5.74) is 1.05. The van der Waals surface area contributed by atoms with Crippen molar-refractivity contribution in [2.24, 2.45) is 0 Å². The number of hydrogen-bond donors (Lipinski definition) is 0. The van der Waals surface area contributed by atoms with Gasteiger partial charge in [0, 0.05) is 31.7 Å². The molecule has 0 atom stereocenters. The molecular formula is C25H22FN5O3S. The Hall–Kier alpha value is -4.05. The second kappa shape index (κ2) is 9.67. The van der Waals surface area contributed by atoms with E-state index in [0.717, 1.165) is 4.88 Å². The van der Waals surface area contributed by atoms with Gasteiger partial charge < -0.3 is 14.5 Å². The summed E-state index contributed by atoms with van der Waals surface area (Å²) < 4.78 is 20.5. The Balaban J connectivity index is 1.33. The summed E-state index contributed by atoms with van der Waals surface area (Å²) >= 11 is 1.46. The molecule has 1 aliphatic heterocycles. The van der Waals surface area contributed by atoms with Crippen LogP contribution in [0.25, 0.3) is 16.4 Å². The van der Waals surface area contributed by atoms with Crippen molar-refractivity contribution >= 4 is 23.2 Å². The van der Waals surface area contributed by atoms with Gasteiger partial charge in [-0.3, -0.25) is 9.59 Å². The molecule has 1 aliphatic rings. The predicted octanol–water partition coefficient (Wildman–Crippen LogP) is 3.74. The number of thiophene rings is 1. The van der Waals surface area contributed by atoms with E-state index in [1.165, 1.54) is 28.2 Å². The van der Waals surface area contributed by atoms with Crippen LogP contribution >= 0.6 is 11.3 Å². The number of aromatic nitrogens is 3. The number of carbonyl (C=O) groups excluding carboxylic acids is 2. The first-order valence-corrected chi connectivity index (χ1v) is 11.9. The molecule has 5 rings (SSSR count). The highest BCUT2D eigenvalue weighted by Crippen LogP contribution is 2.26. The fourth-order valence-electron chi connectivity index (χ4n) is 3.93. The maximum atomic E-state index is 13.9. The maximum absolute atomic E-state index is 13.9. The van der Waals surface area contributed by atoms with Gasteiger partial charge in [-0.2, -0.15) is 0 Å². The lowest BCUT2D eigenvalue weighted by atomic mass is 10.1. The highest BCUT2D eigenvalue weighted by molar-refractivity contribution is 7.13. The molecule has 0 unspecified atom stereocenters. The lowest BCUT2D eigenvalue weighted by molar-refractivity contribution is 0.0529. The van der Waals surface area contributed by atoms with Crippen LogP contribution in [-0.4, -0.2) is 69.7 Å². The van der Waals surface area contributed by atoms with Gasteiger partial charge in [0.2, 0.25) is 5.82 Å². The summed E-state index contributed by atoms with van der Waals surface area (Å²) in [5, 5.41) is 6.34. The number of ether oxygens (including phenoxy) is 1. The van der Waals surface area contributed by atoms with E-state index in [4.69, 9.17) is 4.74 Å². The highest BCUT2D eigenvalue weighted by atomic mass is 32.1. The number of piperazine rings is 1. The van der Waals surface area contributed by atoms with Crippen molar-refractivity contribution in [3.8, 4) is 22.1 Å². The predicted molar refractivity (Wildman–Crippen MR) is 129 cm³/mol. The summed E-state index contributed by atoms with van der Waals surface area (Å²) in [5.74, 6) is 0.377. The van der Waals surface area contributed by atoms with Crippen molar-refractivity contribution in [3.63, 3.8) is 0 Å². The van der Waals surface area contributed by atoms with E-state index in [-0.39, 0.29) is 17.6 Å².